The topological polar surface area (TPSA) is 78.4 Å². The van der Waals surface area contributed by atoms with Gasteiger partial charge in [0.25, 0.3) is 0 Å². The van der Waals surface area contributed by atoms with Crippen LogP contribution in [0.5, 0.6) is 0 Å². The van der Waals surface area contributed by atoms with E-state index in [1.807, 2.05) is 6.92 Å². The molecule has 2 N–H and O–H groups in total. The first kappa shape index (κ1) is 15.4. The molecule has 106 valence electrons. The first-order valence-corrected chi connectivity index (χ1v) is 6.69. The van der Waals surface area contributed by atoms with Gasteiger partial charge in [-0.25, -0.2) is 14.8 Å². The number of unbranched alkanes of at least 4 members (excludes halogenated alkanes) is 1. The van der Waals surface area contributed by atoms with Crippen LogP contribution in [0.2, 0.25) is 0 Å². The van der Waals surface area contributed by atoms with Crippen molar-refractivity contribution in [2.75, 3.05) is 25.0 Å². The number of amides is 2. The number of aryl methyl sites for hydroxylation is 1. The number of hydrogen-bond acceptors (Lipinski definition) is 4. The molecule has 19 heavy (non-hydrogen) atoms. The molecule has 0 bridgehead atoms. The zero-order chi connectivity index (χ0) is 14.1. The minimum Gasteiger partial charge on any atom is -0.395 e. The van der Waals surface area contributed by atoms with Gasteiger partial charge in [-0.15, -0.1) is 0 Å². The van der Waals surface area contributed by atoms with Crippen molar-refractivity contribution in [2.24, 2.45) is 0 Å². The highest BCUT2D eigenvalue weighted by molar-refractivity contribution is 5.88. The minimum absolute atomic E-state index is 0.0393. The van der Waals surface area contributed by atoms with Crippen LogP contribution >= 0.6 is 0 Å². The van der Waals surface area contributed by atoms with Crippen molar-refractivity contribution in [2.45, 2.75) is 33.1 Å². The van der Waals surface area contributed by atoms with Crippen LogP contribution in [-0.2, 0) is 6.42 Å². The second-order valence-electron chi connectivity index (χ2n) is 4.24. The van der Waals surface area contributed by atoms with Crippen LogP contribution in [0.15, 0.2) is 12.4 Å². The van der Waals surface area contributed by atoms with Gasteiger partial charge in [-0.05, 0) is 6.42 Å². The van der Waals surface area contributed by atoms with Gasteiger partial charge in [0.15, 0.2) is 0 Å². The summed E-state index contributed by atoms with van der Waals surface area (Å²) in [5, 5.41) is 11.7. The number of rotatable bonds is 7. The lowest BCUT2D eigenvalue weighted by Crippen LogP contribution is -2.37. The fourth-order valence-electron chi connectivity index (χ4n) is 1.59. The molecule has 0 spiro atoms. The van der Waals surface area contributed by atoms with Gasteiger partial charge in [0.2, 0.25) is 0 Å². The van der Waals surface area contributed by atoms with E-state index in [1.165, 1.54) is 0 Å². The summed E-state index contributed by atoms with van der Waals surface area (Å²) >= 11 is 0. The van der Waals surface area contributed by atoms with E-state index < -0.39 is 0 Å². The first-order chi connectivity index (χ1) is 9.21. The largest absolute Gasteiger partial charge is 0.395 e. The van der Waals surface area contributed by atoms with E-state index in [-0.39, 0.29) is 12.6 Å². The quantitative estimate of drug-likeness (QED) is 0.787. The molecule has 1 aromatic rings. The number of aromatic nitrogens is 2. The Morgan fingerprint density at radius 2 is 2.00 bits per heavy atom. The Hall–Kier alpha value is -1.69. The lowest BCUT2D eigenvalue weighted by molar-refractivity contribution is 0.187. The van der Waals surface area contributed by atoms with Crippen LogP contribution in [0.4, 0.5) is 10.5 Å². The number of anilines is 1. The predicted octanol–water partition coefficient (Wildman–Crippen LogP) is 1.67. The zero-order valence-electron chi connectivity index (χ0n) is 11.6. The average Bonchev–Trinajstić information content (AvgIpc) is 2.44. The highest BCUT2D eigenvalue weighted by atomic mass is 16.3. The van der Waals surface area contributed by atoms with E-state index in [0.29, 0.717) is 18.8 Å². The van der Waals surface area contributed by atoms with Gasteiger partial charge < -0.3 is 15.3 Å². The second-order valence-corrected chi connectivity index (χ2v) is 4.24. The third-order valence-corrected chi connectivity index (χ3v) is 2.71. The molecular formula is C13H22N4O2. The Labute approximate surface area is 113 Å². The lowest BCUT2D eigenvalue weighted by Gasteiger charge is -2.21. The molecule has 1 rings (SSSR count). The van der Waals surface area contributed by atoms with Crippen molar-refractivity contribution in [3.05, 3.63) is 18.2 Å². The van der Waals surface area contributed by atoms with Crippen molar-refractivity contribution in [1.82, 2.24) is 14.9 Å². The number of hydrogen-bond donors (Lipinski definition) is 2. The van der Waals surface area contributed by atoms with Crippen LogP contribution in [0.3, 0.4) is 0 Å². The Morgan fingerprint density at radius 1 is 1.32 bits per heavy atom. The molecule has 6 nitrogen and oxygen atoms in total. The molecule has 0 radical (unpaired) electrons. The zero-order valence-corrected chi connectivity index (χ0v) is 11.6. The maximum Gasteiger partial charge on any atom is 0.322 e. The van der Waals surface area contributed by atoms with Crippen LogP contribution in [0.1, 0.15) is 32.5 Å². The average molecular weight is 266 g/mol. The molecule has 1 aromatic heterocycles. The second kappa shape index (κ2) is 8.42. The molecule has 0 fully saturated rings. The van der Waals surface area contributed by atoms with Gasteiger partial charge >= 0.3 is 6.03 Å². The lowest BCUT2D eigenvalue weighted by atomic mass is 10.3. The summed E-state index contributed by atoms with van der Waals surface area (Å²) in [6.07, 6.45) is 5.88. The van der Waals surface area contributed by atoms with Crippen LogP contribution in [-0.4, -0.2) is 45.7 Å². The summed E-state index contributed by atoms with van der Waals surface area (Å²) in [7, 11) is 0. The fourth-order valence-corrected chi connectivity index (χ4v) is 1.59. The molecule has 1 heterocycles. The standard InChI is InChI=1S/C13H22N4O2/c1-3-5-6-17(7-8-18)13(19)16-11-9-14-12(4-2)15-10-11/h9-10,18H,3-8H2,1-2H3,(H,16,19). The maximum atomic E-state index is 12.0. The first-order valence-electron chi connectivity index (χ1n) is 6.69. The Kier molecular flexibility index (Phi) is 6.81. The third-order valence-electron chi connectivity index (χ3n) is 2.71. The number of urea groups is 1. The monoisotopic (exact) mass is 266 g/mol. The summed E-state index contributed by atoms with van der Waals surface area (Å²) in [5.41, 5.74) is 0.571. The number of carbonyl (C=O) groups excluding carboxylic acids is 1. The van der Waals surface area contributed by atoms with Crippen molar-refractivity contribution < 1.29 is 9.90 Å². The van der Waals surface area contributed by atoms with E-state index >= 15 is 0 Å². The normalized spacial score (nSPS) is 10.3. The molecule has 0 aliphatic heterocycles. The molecule has 0 aromatic carbocycles. The number of aliphatic hydroxyl groups is 1. The molecule has 0 unspecified atom stereocenters. The van der Waals surface area contributed by atoms with Crippen molar-refractivity contribution in [1.29, 1.82) is 0 Å². The summed E-state index contributed by atoms with van der Waals surface area (Å²) in [5.74, 6) is 0.746. The maximum absolute atomic E-state index is 12.0. The third kappa shape index (κ3) is 5.21. The Balaban J connectivity index is 2.58. The van der Waals surface area contributed by atoms with Gasteiger partial charge in [-0.1, -0.05) is 20.3 Å². The molecule has 0 atom stereocenters. The molecule has 2 amide bonds. The smallest absolute Gasteiger partial charge is 0.322 e. The van der Waals surface area contributed by atoms with Gasteiger partial charge in [-0.2, -0.15) is 0 Å². The van der Waals surface area contributed by atoms with Gasteiger partial charge in [-0.3, -0.25) is 0 Å². The number of carbonyl (C=O) groups is 1. The van der Waals surface area contributed by atoms with E-state index in [0.717, 1.165) is 25.1 Å². The Morgan fingerprint density at radius 3 is 2.53 bits per heavy atom. The van der Waals surface area contributed by atoms with Crippen LogP contribution in [0.25, 0.3) is 0 Å². The van der Waals surface area contributed by atoms with Gasteiger partial charge in [0.05, 0.1) is 24.7 Å². The summed E-state index contributed by atoms with van der Waals surface area (Å²) in [6.45, 7) is 4.96. The van der Waals surface area contributed by atoms with Crippen LogP contribution < -0.4 is 5.32 Å². The molecule has 6 heteroatoms. The molecule has 0 saturated heterocycles. The highest BCUT2D eigenvalue weighted by Gasteiger charge is 2.12. The van der Waals surface area contributed by atoms with Crippen molar-refractivity contribution in [3.63, 3.8) is 0 Å². The summed E-state index contributed by atoms with van der Waals surface area (Å²) in [6, 6.07) is -0.227. The van der Waals surface area contributed by atoms with Gasteiger partial charge in [0.1, 0.15) is 5.82 Å². The predicted molar refractivity (Wildman–Crippen MR) is 74.0 cm³/mol. The highest BCUT2D eigenvalue weighted by Crippen LogP contribution is 2.06. The summed E-state index contributed by atoms with van der Waals surface area (Å²) < 4.78 is 0. The van der Waals surface area contributed by atoms with E-state index in [4.69, 9.17) is 5.11 Å². The number of aliphatic hydroxyl groups excluding tert-OH is 1. The van der Waals surface area contributed by atoms with Gasteiger partial charge in [0, 0.05) is 19.5 Å². The van der Waals surface area contributed by atoms with Crippen molar-refractivity contribution >= 4 is 11.7 Å². The molecular weight excluding hydrogens is 244 g/mol. The summed E-state index contributed by atoms with van der Waals surface area (Å²) in [4.78, 5) is 21.9. The fraction of sp³-hybridized carbons (Fsp3) is 0.615. The SMILES string of the molecule is CCCCN(CCO)C(=O)Nc1cnc(CC)nc1. The molecule has 0 saturated carbocycles. The number of nitrogens with one attached hydrogen (secondary N) is 1. The number of nitrogens with zero attached hydrogens (tertiary/aromatic N) is 3. The van der Waals surface area contributed by atoms with Crippen LogP contribution in [0, 0.1) is 0 Å². The van der Waals surface area contributed by atoms with E-state index in [2.05, 4.69) is 22.2 Å². The molecule has 0 aliphatic carbocycles. The van der Waals surface area contributed by atoms with Crippen molar-refractivity contribution in [3.8, 4) is 0 Å². The van der Waals surface area contributed by atoms with E-state index in [9.17, 15) is 4.79 Å². The van der Waals surface area contributed by atoms with E-state index in [1.54, 1.807) is 17.3 Å². The Bertz CT molecular complexity index is 381. The molecule has 0 aliphatic rings. The minimum atomic E-state index is -0.227.